The number of fused-ring (bicyclic) bond motifs is 1. The van der Waals surface area contributed by atoms with Crippen LogP contribution in [-0.4, -0.2) is 78.2 Å². The summed E-state index contributed by atoms with van der Waals surface area (Å²) in [7, 11) is 3.03. The Kier molecular flexibility index (Phi) is 7.90. The van der Waals surface area contributed by atoms with Crippen molar-refractivity contribution >= 4 is 28.8 Å². The van der Waals surface area contributed by atoms with E-state index in [2.05, 4.69) is 4.90 Å². The number of methoxy groups -OCH3 is 2. The number of ether oxygens (including phenoxy) is 2. The average molecular weight is 525 g/mol. The summed E-state index contributed by atoms with van der Waals surface area (Å²) in [6, 6.07) is 7.97. The van der Waals surface area contributed by atoms with E-state index in [9.17, 15) is 9.59 Å². The molecule has 0 N–H and O–H groups in total. The highest BCUT2D eigenvalue weighted by molar-refractivity contribution is 8.16. The summed E-state index contributed by atoms with van der Waals surface area (Å²) < 4.78 is 10.7. The Bertz CT molecular complexity index is 1130. The first kappa shape index (κ1) is 25.9. The van der Waals surface area contributed by atoms with Gasteiger partial charge in [0.05, 0.1) is 38.0 Å². The number of hydrogen-bond donors (Lipinski definition) is 0. The summed E-state index contributed by atoms with van der Waals surface area (Å²) in [6.45, 7) is 5.42. The molecule has 9 heteroatoms. The third-order valence-electron chi connectivity index (χ3n) is 7.88. The number of carbonyl (C=O) groups is 2. The van der Waals surface area contributed by atoms with Gasteiger partial charge in [-0.05, 0) is 42.4 Å². The highest BCUT2D eigenvalue weighted by Crippen LogP contribution is 2.46. The SMILES string of the molecule is CCC1=C(C(=O)OC)[C@H](c2cccc(OC)c2)N2C(CC(=O)N3CCN(C4CCCC4)CC3)=CSC2=N1. The molecule has 1 saturated heterocycles. The molecular formula is C28H36N4O4S. The lowest BCUT2D eigenvalue weighted by atomic mass is 9.92. The summed E-state index contributed by atoms with van der Waals surface area (Å²) in [5.74, 6) is 0.420. The molecule has 3 aliphatic heterocycles. The molecule has 1 aliphatic carbocycles. The second-order valence-electron chi connectivity index (χ2n) is 9.91. The topological polar surface area (TPSA) is 74.7 Å². The van der Waals surface area contributed by atoms with Crippen molar-refractivity contribution in [2.75, 3.05) is 40.4 Å². The van der Waals surface area contributed by atoms with Gasteiger partial charge in [-0.3, -0.25) is 9.69 Å². The van der Waals surface area contributed by atoms with Crippen LogP contribution in [-0.2, 0) is 14.3 Å². The number of nitrogens with zero attached hydrogens (tertiary/aromatic N) is 4. The van der Waals surface area contributed by atoms with Crippen LogP contribution in [0.3, 0.4) is 0 Å². The van der Waals surface area contributed by atoms with Crippen molar-refractivity contribution in [1.82, 2.24) is 14.7 Å². The van der Waals surface area contributed by atoms with Gasteiger partial charge in [0.15, 0.2) is 5.17 Å². The maximum Gasteiger partial charge on any atom is 0.338 e. The van der Waals surface area contributed by atoms with Crippen LogP contribution < -0.4 is 4.74 Å². The molecule has 0 unspecified atom stereocenters. The van der Waals surface area contributed by atoms with E-state index in [0.29, 0.717) is 29.5 Å². The first-order valence-corrected chi connectivity index (χ1v) is 14.1. The van der Waals surface area contributed by atoms with Crippen LogP contribution in [0, 0.1) is 0 Å². The number of hydrogen-bond acceptors (Lipinski definition) is 8. The molecular weight excluding hydrogens is 488 g/mol. The minimum absolute atomic E-state index is 0.119. The van der Waals surface area contributed by atoms with Crippen LogP contribution in [0.1, 0.15) is 57.1 Å². The van der Waals surface area contributed by atoms with Gasteiger partial charge in [-0.25, -0.2) is 9.79 Å². The summed E-state index contributed by atoms with van der Waals surface area (Å²) >= 11 is 1.51. The van der Waals surface area contributed by atoms with Crippen molar-refractivity contribution in [3.63, 3.8) is 0 Å². The first-order chi connectivity index (χ1) is 18.0. The highest BCUT2D eigenvalue weighted by Gasteiger charge is 2.42. The lowest BCUT2D eigenvalue weighted by Gasteiger charge is -2.39. The zero-order valence-electron chi connectivity index (χ0n) is 21.9. The number of thioether (sulfide) groups is 1. The molecule has 1 aromatic rings. The lowest BCUT2D eigenvalue weighted by Crippen LogP contribution is -2.51. The van der Waals surface area contributed by atoms with Crippen LogP contribution in [0.25, 0.3) is 0 Å². The molecule has 4 aliphatic rings. The Balaban J connectivity index is 1.38. The Morgan fingerprint density at radius 2 is 1.86 bits per heavy atom. The number of benzene rings is 1. The van der Waals surface area contributed by atoms with Gasteiger partial charge in [0, 0.05) is 37.9 Å². The minimum atomic E-state index is -0.446. The fourth-order valence-corrected chi connectivity index (χ4v) is 6.85. The maximum atomic E-state index is 13.5. The van der Waals surface area contributed by atoms with Crippen molar-refractivity contribution in [3.8, 4) is 5.75 Å². The van der Waals surface area contributed by atoms with E-state index in [1.54, 1.807) is 7.11 Å². The normalized spacial score (nSPS) is 22.6. The van der Waals surface area contributed by atoms with Crippen LogP contribution >= 0.6 is 11.8 Å². The van der Waals surface area contributed by atoms with E-state index in [1.165, 1.54) is 44.6 Å². The Morgan fingerprint density at radius 3 is 2.54 bits per heavy atom. The van der Waals surface area contributed by atoms with Gasteiger partial charge in [0.25, 0.3) is 0 Å². The Morgan fingerprint density at radius 1 is 1.11 bits per heavy atom. The van der Waals surface area contributed by atoms with Crippen molar-refractivity contribution in [1.29, 1.82) is 0 Å². The number of esters is 1. The molecule has 0 bridgehead atoms. The second-order valence-corrected chi connectivity index (χ2v) is 10.7. The van der Waals surface area contributed by atoms with Crippen molar-refractivity contribution in [3.05, 3.63) is 52.2 Å². The number of allylic oxidation sites excluding steroid dienone is 1. The van der Waals surface area contributed by atoms with Gasteiger partial charge < -0.3 is 19.3 Å². The summed E-state index contributed by atoms with van der Waals surface area (Å²) in [4.78, 5) is 37.9. The van der Waals surface area contributed by atoms with E-state index >= 15 is 0 Å². The smallest absolute Gasteiger partial charge is 0.338 e. The van der Waals surface area contributed by atoms with Gasteiger partial charge in [0.2, 0.25) is 5.91 Å². The lowest BCUT2D eigenvalue weighted by molar-refractivity contribution is -0.136. The Hall–Kier alpha value is -2.78. The van der Waals surface area contributed by atoms with Gasteiger partial charge in [-0.15, -0.1) is 0 Å². The fourth-order valence-electron chi connectivity index (χ4n) is 5.91. The van der Waals surface area contributed by atoms with E-state index in [-0.39, 0.29) is 12.3 Å². The molecule has 1 aromatic carbocycles. The Labute approximate surface area is 223 Å². The van der Waals surface area contributed by atoms with Crippen LogP contribution in [0.2, 0.25) is 0 Å². The van der Waals surface area contributed by atoms with Gasteiger partial charge in [-0.2, -0.15) is 0 Å². The number of carbonyl (C=O) groups excluding carboxylic acids is 2. The average Bonchev–Trinajstić information content (AvgIpc) is 3.62. The van der Waals surface area contributed by atoms with Crippen LogP contribution in [0.5, 0.6) is 5.75 Å². The van der Waals surface area contributed by atoms with Crippen molar-refractivity contribution in [2.24, 2.45) is 4.99 Å². The molecule has 0 radical (unpaired) electrons. The zero-order chi connectivity index (χ0) is 25.9. The number of amides is 1. The molecule has 1 saturated carbocycles. The summed E-state index contributed by atoms with van der Waals surface area (Å²) in [5.41, 5.74) is 2.97. The first-order valence-electron chi connectivity index (χ1n) is 13.2. The standard InChI is InChI=1S/C28H36N4O4S/c1-4-23-25(27(34)36-3)26(19-8-7-11-22(16-19)35-2)32-21(18-37-28(32)29-23)17-24(33)31-14-12-30(13-15-31)20-9-5-6-10-20/h7-8,11,16,18,20,26H,4-6,9-10,12-15,17H2,1-3H3/t26-/m0/s1. The maximum absolute atomic E-state index is 13.5. The summed E-state index contributed by atoms with van der Waals surface area (Å²) in [5, 5.41) is 2.79. The van der Waals surface area contributed by atoms with Crippen molar-refractivity contribution in [2.45, 2.75) is 57.5 Å². The summed E-state index contributed by atoms with van der Waals surface area (Å²) in [6.07, 6.45) is 6.10. The third-order valence-corrected chi connectivity index (χ3v) is 8.77. The molecule has 1 amide bonds. The third kappa shape index (κ3) is 5.16. The number of rotatable bonds is 7. The van der Waals surface area contributed by atoms with E-state index in [4.69, 9.17) is 14.5 Å². The van der Waals surface area contributed by atoms with Gasteiger partial charge in [0.1, 0.15) is 5.75 Å². The van der Waals surface area contributed by atoms with Gasteiger partial charge >= 0.3 is 5.97 Å². The van der Waals surface area contributed by atoms with Crippen LogP contribution in [0.4, 0.5) is 0 Å². The molecule has 0 spiro atoms. The molecule has 5 rings (SSSR count). The molecule has 3 heterocycles. The zero-order valence-corrected chi connectivity index (χ0v) is 22.8. The highest BCUT2D eigenvalue weighted by atomic mass is 32.2. The fraction of sp³-hybridized carbons (Fsp3) is 0.536. The largest absolute Gasteiger partial charge is 0.497 e. The second kappa shape index (κ2) is 11.3. The predicted molar refractivity (Wildman–Crippen MR) is 145 cm³/mol. The molecule has 198 valence electrons. The monoisotopic (exact) mass is 524 g/mol. The van der Waals surface area contributed by atoms with E-state index in [1.807, 2.05) is 46.4 Å². The molecule has 1 atom stereocenters. The van der Waals surface area contributed by atoms with Crippen molar-refractivity contribution < 1.29 is 19.1 Å². The predicted octanol–water partition coefficient (Wildman–Crippen LogP) is 4.31. The molecule has 37 heavy (non-hydrogen) atoms. The molecule has 0 aromatic heterocycles. The molecule has 8 nitrogen and oxygen atoms in total. The molecule has 2 fully saturated rings. The van der Waals surface area contributed by atoms with E-state index in [0.717, 1.165) is 42.6 Å². The quantitative estimate of drug-likeness (QED) is 0.492. The van der Waals surface area contributed by atoms with Gasteiger partial charge in [-0.1, -0.05) is 43.7 Å². The number of amidine groups is 1. The van der Waals surface area contributed by atoms with E-state index < -0.39 is 12.0 Å². The van der Waals surface area contributed by atoms with Crippen LogP contribution in [0.15, 0.2) is 51.6 Å². The minimum Gasteiger partial charge on any atom is -0.497 e. The number of piperazine rings is 1. The number of aliphatic imine (C=N–C) groups is 1.